The van der Waals surface area contributed by atoms with E-state index in [0.29, 0.717) is 53.9 Å². The lowest BCUT2D eigenvalue weighted by atomic mass is 9.95. The zero-order valence-electron chi connectivity index (χ0n) is 20.0. The Morgan fingerprint density at radius 1 is 0.974 bits per heavy atom. The molecule has 14 heteroatoms. The van der Waals surface area contributed by atoms with Crippen LogP contribution in [-0.4, -0.2) is 50.0 Å². The summed E-state index contributed by atoms with van der Waals surface area (Å²) in [6, 6.07) is 5.25. The number of anilines is 1. The molecule has 2 aliphatic rings. The van der Waals surface area contributed by atoms with E-state index < -0.39 is 29.9 Å². The quantitative estimate of drug-likeness (QED) is 0.360. The molecule has 1 aromatic carbocycles. The Labute approximate surface area is 218 Å². The number of piperidine rings is 1. The van der Waals surface area contributed by atoms with Crippen LogP contribution in [0.2, 0.25) is 5.02 Å². The Hall–Kier alpha value is -2.93. The molecular formula is C24H22ClF7N6. The Kier molecular flexibility index (Phi) is 6.79. The summed E-state index contributed by atoms with van der Waals surface area (Å²) < 4.78 is 95.5. The van der Waals surface area contributed by atoms with Crippen LogP contribution in [-0.2, 0) is 19.3 Å². The first-order chi connectivity index (χ1) is 17.8. The molecule has 0 radical (unpaired) electrons. The lowest BCUT2D eigenvalue weighted by molar-refractivity contribution is -0.182. The number of benzene rings is 1. The molecule has 1 saturated heterocycles. The topological polar surface area (TPSA) is 50.1 Å². The number of aromatic nitrogens is 4. The van der Waals surface area contributed by atoms with Gasteiger partial charge in [0.25, 0.3) is 0 Å². The third kappa shape index (κ3) is 5.05. The van der Waals surface area contributed by atoms with Crippen LogP contribution in [0, 0.1) is 5.82 Å². The van der Waals surface area contributed by atoms with E-state index in [9.17, 15) is 30.7 Å². The van der Waals surface area contributed by atoms with Gasteiger partial charge < -0.3 is 4.90 Å². The number of fused-ring (bicyclic) bond motifs is 3. The number of nitrogens with zero attached hydrogens (tertiary/aromatic N) is 6. The molecule has 0 amide bonds. The van der Waals surface area contributed by atoms with Gasteiger partial charge in [0.05, 0.1) is 12.2 Å². The van der Waals surface area contributed by atoms with Crippen molar-refractivity contribution >= 4 is 17.4 Å². The number of halogens is 8. The second-order valence-corrected chi connectivity index (χ2v) is 9.90. The molecule has 0 bridgehead atoms. The maximum atomic E-state index is 13.7. The van der Waals surface area contributed by atoms with Crippen LogP contribution in [0.1, 0.15) is 48.6 Å². The van der Waals surface area contributed by atoms with E-state index in [1.54, 1.807) is 27.7 Å². The maximum Gasteiger partial charge on any atom is 0.436 e. The third-order valence-corrected chi connectivity index (χ3v) is 7.30. The number of rotatable bonds is 3. The summed E-state index contributed by atoms with van der Waals surface area (Å²) >= 11 is 6.17. The molecule has 1 atom stereocenters. The van der Waals surface area contributed by atoms with Crippen LogP contribution in [0.4, 0.5) is 36.6 Å². The van der Waals surface area contributed by atoms with Gasteiger partial charge in [-0.15, -0.1) is 10.2 Å². The van der Waals surface area contributed by atoms with E-state index in [2.05, 4.69) is 15.2 Å². The maximum absolute atomic E-state index is 13.7. The Bertz CT molecular complexity index is 1330. The van der Waals surface area contributed by atoms with E-state index in [1.807, 2.05) is 0 Å². The Morgan fingerprint density at radius 3 is 2.34 bits per heavy atom. The lowest BCUT2D eigenvalue weighted by Gasteiger charge is -2.33. The summed E-state index contributed by atoms with van der Waals surface area (Å²) in [6.45, 7) is 1.68. The van der Waals surface area contributed by atoms with Crippen LogP contribution in [0.5, 0.6) is 0 Å². The van der Waals surface area contributed by atoms with E-state index in [1.165, 1.54) is 11.0 Å². The number of pyridine rings is 1. The van der Waals surface area contributed by atoms with Gasteiger partial charge in [-0.25, -0.2) is 9.37 Å². The van der Waals surface area contributed by atoms with Crippen LogP contribution >= 0.6 is 11.6 Å². The standard InChI is InChI=1S/C24H22ClF7N6/c1-13(23(27,28)29)37-11-15-10-16(25)2-4-18(15)38-20(12-37)34-35-22(38)14-6-8-36(9-7-14)19-5-3-17(26)21(33-19)24(30,31)32/h2-5,10,13-14H,6-9,11-12H2,1H3. The van der Waals surface area contributed by atoms with Gasteiger partial charge in [0.1, 0.15) is 17.7 Å². The van der Waals surface area contributed by atoms with Crippen molar-refractivity contribution in [3.63, 3.8) is 0 Å². The molecule has 5 rings (SSSR count). The minimum absolute atomic E-state index is 0.00951. The zero-order chi connectivity index (χ0) is 27.4. The van der Waals surface area contributed by atoms with Crippen LogP contribution in [0.25, 0.3) is 5.69 Å². The molecule has 4 heterocycles. The first-order valence-electron chi connectivity index (χ1n) is 11.9. The highest BCUT2D eigenvalue weighted by Crippen LogP contribution is 2.37. The molecule has 0 saturated carbocycles. The first kappa shape index (κ1) is 26.7. The van der Waals surface area contributed by atoms with Crippen LogP contribution in [0.15, 0.2) is 30.3 Å². The van der Waals surface area contributed by atoms with Gasteiger partial charge in [-0.2, -0.15) is 26.3 Å². The normalized spacial score (nSPS) is 18.2. The molecule has 3 aromatic rings. The number of hydrogen-bond acceptors (Lipinski definition) is 5. The molecule has 6 nitrogen and oxygen atoms in total. The minimum atomic E-state index is -4.91. The van der Waals surface area contributed by atoms with E-state index in [-0.39, 0.29) is 24.8 Å². The van der Waals surface area contributed by atoms with E-state index >= 15 is 0 Å². The van der Waals surface area contributed by atoms with Gasteiger partial charge in [-0.1, -0.05) is 11.6 Å². The molecule has 38 heavy (non-hydrogen) atoms. The predicted molar refractivity (Wildman–Crippen MR) is 125 cm³/mol. The highest BCUT2D eigenvalue weighted by molar-refractivity contribution is 6.30. The van der Waals surface area contributed by atoms with Gasteiger partial charge in [0.15, 0.2) is 17.3 Å². The Morgan fingerprint density at radius 2 is 1.68 bits per heavy atom. The van der Waals surface area contributed by atoms with Crippen molar-refractivity contribution in [1.82, 2.24) is 24.6 Å². The average Bonchev–Trinajstić information content (AvgIpc) is 3.18. The van der Waals surface area contributed by atoms with E-state index in [4.69, 9.17) is 11.6 Å². The summed E-state index contributed by atoms with van der Waals surface area (Å²) in [6.07, 6.45) is -8.40. The number of alkyl halides is 6. The van der Waals surface area contributed by atoms with Gasteiger partial charge >= 0.3 is 12.4 Å². The van der Waals surface area contributed by atoms with Gasteiger partial charge in [0.2, 0.25) is 0 Å². The second-order valence-electron chi connectivity index (χ2n) is 9.46. The van der Waals surface area contributed by atoms with Crippen molar-refractivity contribution in [2.24, 2.45) is 0 Å². The monoisotopic (exact) mass is 562 g/mol. The molecular weight excluding hydrogens is 541 g/mol. The summed E-state index contributed by atoms with van der Waals surface area (Å²) in [5, 5.41) is 8.96. The van der Waals surface area contributed by atoms with Crippen molar-refractivity contribution in [3.05, 3.63) is 64.1 Å². The fourth-order valence-corrected chi connectivity index (χ4v) is 5.16. The molecule has 2 aromatic heterocycles. The molecule has 2 aliphatic heterocycles. The average molecular weight is 563 g/mol. The third-order valence-electron chi connectivity index (χ3n) is 7.06. The summed E-state index contributed by atoms with van der Waals surface area (Å²) in [7, 11) is 0. The highest BCUT2D eigenvalue weighted by atomic mass is 35.5. The SMILES string of the molecule is CC(N1Cc2cc(Cl)ccc2-n2c(nnc2C2CCN(c3ccc(F)c(C(F)(F)F)n3)CC2)C1)C(F)(F)F. The molecule has 1 fully saturated rings. The van der Waals surface area contributed by atoms with Gasteiger partial charge in [0, 0.05) is 30.6 Å². The van der Waals surface area contributed by atoms with E-state index in [0.717, 1.165) is 13.0 Å². The van der Waals surface area contributed by atoms with Crippen molar-refractivity contribution in [2.75, 3.05) is 18.0 Å². The fourth-order valence-electron chi connectivity index (χ4n) is 4.97. The smallest absolute Gasteiger partial charge is 0.357 e. The Balaban J connectivity index is 1.43. The summed E-state index contributed by atoms with van der Waals surface area (Å²) in [5.74, 6) is -0.656. The molecule has 1 unspecified atom stereocenters. The van der Waals surface area contributed by atoms with Crippen LogP contribution in [0.3, 0.4) is 0 Å². The summed E-state index contributed by atoms with van der Waals surface area (Å²) in [5.41, 5.74) is -0.326. The number of hydrogen-bond donors (Lipinski definition) is 0. The van der Waals surface area contributed by atoms with Crippen molar-refractivity contribution < 1.29 is 30.7 Å². The highest BCUT2D eigenvalue weighted by Gasteiger charge is 2.42. The molecule has 0 N–H and O–H groups in total. The predicted octanol–water partition coefficient (Wildman–Crippen LogP) is 6.12. The zero-order valence-corrected chi connectivity index (χ0v) is 20.7. The van der Waals surface area contributed by atoms with Crippen LogP contribution < -0.4 is 4.90 Å². The fraction of sp³-hybridized carbons (Fsp3) is 0.458. The first-order valence-corrected chi connectivity index (χ1v) is 12.2. The van der Waals surface area contributed by atoms with Gasteiger partial charge in [-0.3, -0.25) is 9.47 Å². The van der Waals surface area contributed by atoms with Crippen molar-refractivity contribution in [1.29, 1.82) is 0 Å². The molecule has 0 aliphatic carbocycles. The molecule has 0 spiro atoms. The van der Waals surface area contributed by atoms with Crippen molar-refractivity contribution in [3.8, 4) is 5.69 Å². The van der Waals surface area contributed by atoms with Crippen molar-refractivity contribution in [2.45, 2.75) is 57.2 Å². The molecule has 204 valence electrons. The lowest BCUT2D eigenvalue weighted by Crippen LogP contribution is -2.42. The second kappa shape index (κ2) is 9.67. The van der Waals surface area contributed by atoms with Gasteiger partial charge in [-0.05, 0) is 55.7 Å². The minimum Gasteiger partial charge on any atom is -0.357 e. The summed E-state index contributed by atoms with van der Waals surface area (Å²) in [4.78, 5) is 6.42. The largest absolute Gasteiger partial charge is 0.436 e.